The summed E-state index contributed by atoms with van der Waals surface area (Å²) in [5.41, 5.74) is 4.64. The summed E-state index contributed by atoms with van der Waals surface area (Å²) in [6.07, 6.45) is 9.62. The zero-order valence-electron chi connectivity index (χ0n) is 13.2. The average Bonchev–Trinajstić information content (AvgIpc) is 2.93. The quantitative estimate of drug-likeness (QED) is 0.502. The second kappa shape index (κ2) is 6.97. The third kappa shape index (κ3) is 3.10. The number of pyridine rings is 1. The van der Waals surface area contributed by atoms with Crippen LogP contribution in [-0.4, -0.2) is 9.61 Å². The van der Waals surface area contributed by atoms with Crippen LogP contribution in [-0.2, 0) is 0 Å². The maximum absolute atomic E-state index is 13.3. The molecule has 0 fully saturated rings. The molecule has 0 aliphatic carbocycles. The first-order valence-electron chi connectivity index (χ1n) is 7.53. The van der Waals surface area contributed by atoms with Gasteiger partial charge in [-0.1, -0.05) is 30.9 Å². The number of allylic oxidation sites excluding steroid dienone is 5. The van der Waals surface area contributed by atoms with Gasteiger partial charge in [0.1, 0.15) is 11.5 Å². The number of halogens is 2. The Hall–Kier alpha value is -2.46. The van der Waals surface area contributed by atoms with Crippen molar-refractivity contribution in [1.29, 1.82) is 0 Å². The summed E-state index contributed by atoms with van der Waals surface area (Å²) in [5, 5.41) is 4.71. The minimum atomic E-state index is -0.262. The molecule has 0 unspecified atom stereocenters. The van der Waals surface area contributed by atoms with Crippen LogP contribution in [0.1, 0.15) is 12.5 Å². The van der Waals surface area contributed by atoms with Crippen LogP contribution in [0.3, 0.4) is 0 Å². The Morgan fingerprint density at radius 3 is 2.62 bits per heavy atom. The smallest absolute Gasteiger partial charge is 0.123 e. The zero-order valence-corrected chi connectivity index (χ0v) is 14.8. The largest absolute Gasteiger partial charge is 0.239 e. The number of nitrogens with zero attached hydrogens (tertiary/aromatic N) is 2. The standard InChI is InChI=1S/C20H16BrFN2/c1-3-5-14(6-4-2)19-18-12-9-16(21)13-24(18)23-20(19)15-7-10-17(22)11-8-15/h3-13H,1H2,2H3/b6-4-,14-5+. The molecule has 0 saturated carbocycles. The molecule has 0 N–H and O–H groups in total. The molecule has 0 aliphatic rings. The molecular formula is C20H16BrFN2. The molecule has 1 aromatic carbocycles. The molecular weight excluding hydrogens is 367 g/mol. The Morgan fingerprint density at radius 1 is 1.21 bits per heavy atom. The second-order valence-electron chi connectivity index (χ2n) is 5.27. The molecule has 0 amide bonds. The number of fused-ring (bicyclic) bond motifs is 1. The van der Waals surface area contributed by atoms with Crippen molar-refractivity contribution in [2.75, 3.05) is 0 Å². The van der Waals surface area contributed by atoms with Crippen LogP contribution in [0.25, 0.3) is 22.3 Å². The molecule has 2 heterocycles. The number of hydrogen-bond donors (Lipinski definition) is 0. The van der Waals surface area contributed by atoms with Gasteiger partial charge in [0.25, 0.3) is 0 Å². The summed E-state index contributed by atoms with van der Waals surface area (Å²) in [7, 11) is 0. The Bertz CT molecular complexity index is 950. The van der Waals surface area contributed by atoms with Crippen molar-refractivity contribution < 1.29 is 4.39 Å². The highest BCUT2D eigenvalue weighted by Crippen LogP contribution is 2.33. The van der Waals surface area contributed by atoms with E-state index in [4.69, 9.17) is 5.10 Å². The normalized spacial score (nSPS) is 12.2. The van der Waals surface area contributed by atoms with Gasteiger partial charge < -0.3 is 0 Å². The number of benzene rings is 1. The Balaban J connectivity index is 2.35. The lowest BCUT2D eigenvalue weighted by Crippen LogP contribution is -1.86. The van der Waals surface area contributed by atoms with E-state index in [-0.39, 0.29) is 5.82 Å². The van der Waals surface area contributed by atoms with Crippen molar-refractivity contribution in [2.45, 2.75) is 6.92 Å². The van der Waals surface area contributed by atoms with Gasteiger partial charge >= 0.3 is 0 Å². The van der Waals surface area contributed by atoms with Crippen molar-refractivity contribution in [3.05, 3.63) is 89.3 Å². The second-order valence-corrected chi connectivity index (χ2v) is 6.18. The van der Waals surface area contributed by atoms with Gasteiger partial charge in [-0.05, 0) is 64.8 Å². The molecule has 3 aromatic rings. The summed E-state index contributed by atoms with van der Waals surface area (Å²) in [6, 6.07) is 10.4. The van der Waals surface area contributed by atoms with E-state index < -0.39 is 0 Å². The van der Waals surface area contributed by atoms with Crippen molar-refractivity contribution in [3.8, 4) is 11.3 Å². The maximum Gasteiger partial charge on any atom is 0.123 e. The lowest BCUT2D eigenvalue weighted by molar-refractivity contribution is 0.628. The fraction of sp³-hybridized carbons (Fsp3) is 0.0500. The van der Waals surface area contributed by atoms with Crippen molar-refractivity contribution in [1.82, 2.24) is 9.61 Å². The van der Waals surface area contributed by atoms with Gasteiger partial charge in [-0.25, -0.2) is 8.91 Å². The lowest BCUT2D eigenvalue weighted by atomic mass is 9.99. The van der Waals surface area contributed by atoms with Crippen LogP contribution >= 0.6 is 15.9 Å². The third-order valence-corrected chi connectivity index (χ3v) is 4.11. The van der Waals surface area contributed by atoms with E-state index in [0.717, 1.165) is 32.4 Å². The molecule has 0 radical (unpaired) electrons. The molecule has 24 heavy (non-hydrogen) atoms. The highest BCUT2D eigenvalue weighted by molar-refractivity contribution is 9.10. The molecule has 0 atom stereocenters. The van der Waals surface area contributed by atoms with E-state index >= 15 is 0 Å². The van der Waals surface area contributed by atoms with Crippen molar-refractivity contribution >= 4 is 27.0 Å². The number of aromatic nitrogens is 2. The first-order valence-corrected chi connectivity index (χ1v) is 8.33. The topological polar surface area (TPSA) is 17.3 Å². The fourth-order valence-electron chi connectivity index (χ4n) is 2.65. The molecule has 0 bridgehead atoms. The van der Waals surface area contributed by atoms with Gasteiger partial charge in [0.2, 0.25) is 0 Å². The Kier molecular flexibility index (Phi) is 4.76. The van der Waals surface area contributed by atoms with Gasteiger partial charge in [0.15, 0.2) is 0 Å². The molecule has 120 valence electrons. The summed E-state index contributed by atoms with van der Waals surface area (Å²) < 4.78 is 16.1. The average molecular weight is 383 g/mol. The Morgan fingerprint density at radius 2 is 1.96 bits per heavy atom. The van der Waals surface area contributed by atoms with Crippen LogP contribution in [0.15, 0.2) is 78.0 Å². The summed E-state index contributed by atoms with van der Waals surface area (Å²) in [5.74, 6) is -0.262. The lowest BCUT2D eigenvalue weighted by Gasteiger charge is -2.05. The van der Waals surface area contributed by atoms with E-state index in [9.17, 15) is 4.39 Å². The highest BCUT2D eigenvalue weighted by atomic mass is 79.9. The summed E-state index contributed by atoms with van der Waals surface area (Å²) >= 11 is 3.48. The summed E-state index contributed by atoms with van der Waals surface area (Å²) in [4.78, 5) is 0. The molecule has 0 saturated heterocycles. The summed E-state index contributed by atoms with van der Waals surface area (Å²) in [6.45, 7) is 5.78. The molecule has 0 aliphatic heterocycles. The highest BCUT2D eigenvalue weighted by Gasteiger charge is 2.17. The number of rotatable bonds is 4. The van der Waals surface area contributed by atoms with Crippen LogP contribution < -0.4 is 0 Å². The van der Waals surface area contributed by atoms with Gasteiger partial charge in [-0.15, -0.1) is 0 Å². The van der Waals surface area contributed by atoms with Gasteiger partial charge in [-0.3, -0.25) is 0 Å². The zero-order chi connectivity index (χ0) is 17.1. The predicted molar refractivity (Wildman–Crippen MR) is 101 cm³/mol. The minimum Gasteiger partial charge on any atom is -0.239 e. The van der Waals surface area contributed by atoms with E-state index in [1.807, 2.05) is 48.0 Å². The molecule has 2 aromatic heterocycles. The molecule has 2 nitrogen and oxygen atoms in total. The van der Waals surface area contributed by atoms with Gasteiger partial charge in [0.05, 0.1) is 5.52 Å². The third-order valence-electron chi connectivity index (χ3n) is 3.64. The van der Waals surface area contributed by atoms with Crippen LogP contribution in [0.2, 0.25) is 0 Å². The van der Waals surface area contributed by atoms with E-state index in [1.54, 1.807) is 18.2 Å². The molecule has 3 rings (SSSR count). The Labute approximate surface area is 148 Å². The van der Waals surface area contributed by atoms with E-state index in [0.29, 0.717) is 0 Å². The van der Waals surface area contributed by atoms with Crippen LogP contribution in [0.5, 0.6) is 0 Å². The predicted octanol–water partition coefficient (Wildman–Crippen LogP) is 6.05. The van der Waals surface area contributed by atoms with E-state index in [2.05, 4.69) is 22.5 Å². The minimum absolute atomic E-state index is 0.262. The van der Waals surface area contributed by atoms with Crippen LogP contribution in [0.4, 0.5) is 4.39 Å². The fourth-order valence-corrected chi connectivity index (χ4v) is 2.97. The van der Waals surface area contributed by atoms with Gasteiger partial charge in [0, 0.05) is 21.8 Å². The van der Waals surface area contributed by atoms with E-state index in [1.165, 1.54) is 12.1 Å². The van der Waals surface area contributed by atoms with Crippen LogP contribution in [0, 0.1) is 5.82 Å². The molecule has 4 heteroatoms. The number of hydrogen-bond acceptors (Lipinski definition) is 1. The van der Waals surface area contributed by atoms with Crippen molar-refractivity contribution in [2.24, 2.45) is 0 Å². The SMILES string of the molecule is C=C/C=C(\C=C/C)c1c(-c2ccc(F)cc2)nn2cc(Br)ccc12. The van der Waals surface area contributed by atoms with Gasteiger partial charge in [-0.2, -0.15) is 5.10 Å². The first-order chi connectivity index (χ1) is 11.6. The molecule has 0 spiro atoms. The first kappa shape index (κ1) is 16.4. The van der Waals surface area contributed by atoms with Crippen molar-refractivity contribution in [3.63, 3.8) is 0 Å². The maximum atomic E-state index is 13.3. The monoisotopic (exact) mass is 382 g/mol.